The van der Waals surface area contributed by atoms with Crippen LogP contribution in [-0.4, -0.2) is 29.0 Å². The summed E-state index contributed by atoms with van der Waals surface area (Å²) in [5, 5.41) is 0. The fourth-order valence-electron chi connectivity index (χ4n) is 7.27. The summed E-state index contributed by atoms with van der Waals surface area (Å²) in [7, 11) is 0. The third kappa shape index (κ3) is 3.16. The Hall–Kier alpha value is -0.840. The summed E-state index contributed by atoms with van der Waals surface area (Å²) in [6.07, 6.45) is 9.77. The van der Waals surface area contributed by atoms with Gasteiger partial charge in [0, 0.05) is 24.1 Å². The molecule has 0 amide bonds. The van der Waals surface area contributed by atoms with Gasteiger partial charge in [-0.15, -0.1) is 0 Å². The molecule has 0 spiro atoms. The van der Waals surface area contributed by atoms with Crippen molar-refractivity contribution in [2.24, 2.45) is 28.6 Å². The average Bonchev–Trinajstić information content (AvgIpc) is 2.92. The second-order valence-electron chi connectivity index (χ2n) is 10.0. The molecule has 3 fully saturated rings. The Bertz CT molecular complexity index is 703. The van der Waals surface area contributed by atoms with Gasteiger partial charge in [-0.3, -0.25) is 9.59 Å². The summed E-state index contributed by atoms with van der Waals surface area (Å²) in [5.41, 5.74) is 1.78. The number of hydrogen-bond acceptors (Lipinski definition) is 4. The highest BCUT2D eigenvalue weighted by Gasteiger charge is 2.61. The van der Waals surface area contributed by atoms with Crippen molar-refractivity contribution < 1.29 is 19.1 Å². The van der Waals surface area contributed by atoms with Crippen LogP contribution in [0.3, 0.4) is 0 Å². The molecule has 156 valence electrons. The molecule has 0 bridgehead atoms. The Morgan fingerprint density at radius 3 is 2.39 bits per heavy atom. The monoisotopic (exact) mass is 452 g/mol. The average molecular weight is 453 g/mol. The number of esters is 2. The number of alkyl halides is 1. The highest BCUT2D eigenvalue weighted by atomic mass is 79.9. The van der Waals surface area contributed by atoms with E-state index >= 15 is 0 Å². The third-order valence-corrected chi connectivity index (χ3v) is 9.53. The van der Waals surface area contributed by atoms with Crippen LogP contribution < -0.4 is 0 Å². The predicted octanol–water partition coefficient (Wildman–Crippen LogP) is 5.19. The maximum absolute atomic E-state index is 11.6. The zero-order valence-corrected chi connectivity index (χ0v) is 19.1. The number of hydrogen-bond donors (Lipinski definition) is 0. The van der Waals surface area contributed by atoms with E-state index in [4.69, 9.17) is 9.47 Å². The van der Waals surface area contributed by atoms with E-state index in [-0.39, 0.29) is 35.0 Å². The predicted molar refractivity (Wildman–Crippen MR) is 111 cm³/mol. The lowest BCUT2D eigenvalue weighted by Gasteiger charge is -2.59. The standard InChI is InChI=1S/C23H33BrO4/c1-13(25)27-16-7-9-22(3)15(11-16)12-19(24)21-17-5-6-20(28-14(2)26)23(17,4)10-8-18(21)22/h11,16-21H,5-10,12H2,1-4H3/t16-,17-,18-,19+,20-,21-,22-,23-/m0/s1. The molecule has 4 aliphatic rings. The number of rotatable bonds is 2. The first kappa shape index (κ1) is 20.4. The molecular weight excluding hydrogens is 420 g/mol. The van der Waals surface area contributed by atoms with Crippen molar-refractivity contribution in [1.29, 1.82) is 0 Å². The van der Waals surface area contributed by atoms with Gasteiger partial charge < -0.3 is 9.47 Å². The van der Waals surface area contributed by atoms with Crippen molar-refractivity contribution in [3.8, 4) is 0 Å². The fraction of sp³-hybridized carbons (Fsp3) is 0.826. The summed E-state index contributed by atoms with van der Waals surface area (Å²) in [5.74, 6) is 1.53. The first-order valence-electron chi connectivity index (χ1n) is 10.8. The minimum atomic E-state index is -0.189. The maximum atomic E-state index is 11.6. The van der Waals surface area contributed by atoms with Crippen molar-refractivity contribution in [2.75, 3.05) is 0 Å². The molecule has 0 aromatic rings. The lowest BCUT2D eigenvalue weighted by Crippen LogP contribution is -2.55. The molecule has 28 heavy (non-hydrogen) atoms. The number of allylic oxidation sites excluding steroid dienone is 1. The number of carbonyl (C=O) groups excluding carboxylic acids is 2. The van der Waals surface area contributed by atoms with E-state index < -0.39 is 0 Å². The SMILES string of the molecule is CC(=O)O[C@@H]1C=C2C[C@@H](Br)[C@H]3[C@@H]4CC[C@H](OC(C)=O)[C@@]4(C)CC[C@@H]3[C@@]2(C)CC1. The lowest BCUT2D eigenvalue weighted by molar-refractivity contribution is -0.157. The summed E-state index contributed by atoms with van der Waals surface area (Å²) >= 11 is 4.06. The van der Waals surface area contributed by atoms with Crippen LogP contribution in [0.25, 0.3) is 0 Å². The number of carbonyl (C=O) groups is 2. The van der Waals surface area contributed by atoms with Crippen LogP contribution in [0, 0.1) is 28.6 Å². The zero-order chi connectivity index (χ0) is 20.3. The Balaban J connectivity index is 1.61. The first-order valence-corrected chi connectivity index (χ1v) is 11.8. The number of halogens is 1. The highest BCUT2D eigenvalue weighted by Crippen LogP contribution is 2.66. The van der Waals surface area contributed by atoms with Crippen molar-refractivity contribution in [3.05, 3.63) is 11.6 Å². The van der Waals surface area contributed by atoms with Crippen molar-refractivity contribution in [1.82, 2.24) is 0 Å². The van der Waals surface area contributed by atoms with Crippen LogP contribution in [0.15, 0.2) is 11.6 Å². The molecule has 0 aliphatic heterocycles. The molecule has 5 heteroatoms. The Labute approximate surface area is 176 Å². The molecule has 0 radical (unpaired) electrons. The van der Waals surface area contributed by atoms with Gasteiger partial charge >= 0.3 is 11.9 Å². The minimum Gasteiger partial charge on any atom is -0.462 e. The maximum Gasteiger partial charge on any atom is 0.303 e. The quantitative estimate of drug-likeness (QED) is 0.328. The lowest BCUT2D eigenvalue weighted by atomic mass is 9.47. The van der Waals surface area contributed by atoms with Crippen LogP contribution in [0.1, 0.15) is 72.6 Å². The van der Waals surface area contributed by atoms with Crippen molar-refractivity contribution >= 4 is 27.9 Å². The normalized spacial score (nSPS) is 47.2. The van der Waals surface area contributed by atoms with Gasteiger partial charge in [0.25, 0.3) is 0 Å². The summed E-state index contributed by atoms with van der Waals surface area (Å²) < 4.78 is 11.3. The fourth-order valence-corrected chi connectivity index (χ4v) is 8.35. The van der Waals surface area contributed by atoms with Gasteiger partial charge in [-0.25, -0.2) is 0 Å². The second kappa shape index (κ2) is 7.14. The first-order chi connectivity index (χ1) is 13.1. The molecule has 0 aromatic heterocycles. The van der Waals surface area contributed by atoms with Crippen LogP contribution in [0.5, 0.6) is 0 Å². The van der Waals surface area contributed by atoms with Gasteiger partial charge in [0.15, 0.2) is 0 Å². The molecule has 8 atom stereocenters. The van der Waals surface area contributed by atoms with E-state index in [0.29, 0.717) is 22.6 Å². The molecule has 0 unspecified atom stereocenters. The summed E-state index contributed by atoms with van der Waals surface area (Å²) in [6, 6.07) is 0. The summed E-state index contributed by atoms with van der Waals surface area (Å²) in [4.78, 5) is 23.5. The second-order valence-corrected chi connectivity index (χ2v) is 11.2. The summed E-state index contributed by atoms with van der Waals surface area (Å²) in [6.45, 7) is 7.84. The topological polar surface area (TPSA) is 52.6 Å². The molecular formula is C23H33BrO4. The van der Waals surface area contributed by atoms with Crippen LogP contribution in [0.2, 0.25) is 0 Å². The van der Waals surface area contributed by atoms with E-state index in [0.717, 1.165) is 38.5 Å². The van der Waals surface area contributed by atoms with E-state index in [1.54, 1.807) is 0 Å². The molecule has 0 heterocycles. The Morgan fingerprint density at radius 2 is 1.71 bits per heavy atom. The van der Waals surface area contributed by atoms with Crippen LogP contribution in [0.4, 0.5) is 0 Å². The van der Waals surface area contributed by atoms with Gasteiger partial charge in [0.1, 0.15) is 12.2 Å². The minimum absolute atomic E-state index is 0.0643. The molecule has 3 saturated carbocycles. The van der Waals surface area contributed by atoms with Gasteiger partial charge in [-0.2, -0.15) is 0 Å². The molecule has 0 N–H and O–H groups in total. The molecule has 4 rings (SSSR count). The van der Waals surface area contributed by atoms with Gasteiger partial charge in [0.2, 0.25) is 0 Å². The van der Waals surface area contributed by atoms with Crippen LogP contribution in [-0.2, 0) is 19.1 Å². The highest BCUT2D eigenvalue weighted by molar-refractivity contribution is 9.09. The molecule has 0 aromatic carbocycles. The molecule has 4 aliphatic carbocycles. The number of ether oxygens (including phenoxy) is 2. The number of fused-ring (bicyclic) bond motifs is 5. The van der Waals surface area contributed by atoms with Gasteiger partial charge in [0.05, 0.1) is 0 Å². The molecule has 0 saturated heterocycles. The largest absolute Gasteiger partial charge is 0.462 e. The zero-order valence-electron chi connectivity index (χ0n) is 17.5. The van der Waals surface area contributed by atoms with E-state index in [1.165, 1.54) is 25.8 Å². The van der Waals surface area contributed by atoms with E-state index in [9.17, 15) is 9.59 Å². The van der Waals surface area contributed by atoms with Crippen molar-refractivity contribution in [2.45, 2.75) is 89.7 Å². The molecule has 4 nitrogen and oxygen atoms in total. The Morgan fingerprint density at radius 1 is 1.00 bits per heavy atom. The van der Waals surface area contributed by atoms with Gasteiger partial charge in [-0.05, 0) is 74.2 Å². The van der Waals surface area contributed by atoms with Crippen LogP contribution >= 0.6 is 15.9 Å². The third-order valence-electron chi connectivity index (χ3n) is 8.59. The van der Waals surface area contributed by atoms with E-state index in [1.807, 2.05) is 0 Å². The Kier molecular flexibility index (Phi) is 5.21. The van der Waals surface area contributed by atoms with E-state index in [2.05, 4.69) is 35.9 Å². The smallest absolute Gasteiger partial charge is 0.303 e. The van der Waals surface area contributed by atoms with Crippen molar-refractivity contribution in [3.63, 3.8) is 0 Å². The van der Waals surface area contributed by atoms with Gasteiger partial charge in [-0.1, -0.05) is 35.4 Å².